The van der Waals surface area contributed by atoms with Gasteiger partial charge in [0, 0.05) is 26.2 Å². The first-order valence-corrected chi connectivity index (χ1v) is 6.71. The van der Waals surface area contributed by atoms with Crippen LogP contribution in [-0.2, 0) is 6.54 Å². The summed E-state index contributed by atoms with van der Waals surface area (Å²) in [6, 6.07) is 7.73. The minimum atomic E-state index is 0. The monoisotopic (exact) mass is 346 g/mol. The number of rotatable bonds is 4. The number of tetrazole rings is 1. The Morgan fingerprint density at radius 1 is 1.14 bits per heavy atom. The van der Waals surface area contributed by atoms with Crippen LogP contribution in [0.5, 0.6) is 5.75 Å². The van der Waals surface area contributed by atoms with Crippen molar-refractivity contribution < 1.29 is 4.74 Å². The van der Waals surface area contributed by atoms with Crippen molar-refractivity contribution >= 4 is 24.8 Å². The molecule has 1 aromatic heterocycles. The van der Waals surface area contributed by atoms with Crippen molar-refractivity contribution in [3.63, 3.8) is 0 Å². The molecular weight excluding hydrogens is 327 g/mol. The molecule has 0 bridgehead atoms. The fourth-order valence-corrected chi connectivity index (χ4v) is 2.30. The number of ether oxygens (including phenoxy) is 1. The molecule has 0 saturated carbocycles. The van der Waals surface area contributed by atoms with Gasteiger partial charge in [0.05, 0.1) is 19.3 Å². The summed E-state index contributed by atoms with van der Waals surface area (Å²) in [5, 5.41) is 15.4. The van der Waals surface area contributed by atoms with Gasteiger partial charge < -0.3 is 10.1 Å². The molecule has 0 spiro atoms. The minimum absolute atomic E-state index is 0. The van der Waals surface area contributed by atoms with Crippen LogP contribution in [0.15, 0.2) is 24.3 Å². The van der Waals surface area contributed by atoms with E-state index in [-0.39, 0.29) is 24.8 Å². The highest BCUT2D eigenvalue weighted by Crippen LogP contribution is 2.15. The van der Waals surface area contributed by atoms with Gasteiger partial charge in [0.1, 0.15) is 5.75 Å². The second-order valence-corrected chi connectivity index (χ2v) is 4.73. The molecule has 1 aromatic carbocycles. The largest absolute Gasteiger partial charge is 0.497 e. The standard InChI is InChI=1S/C13H18N6O.2ClH/c1-20-12-4-2-11(3-5-12)19-13(15-16-17-19)10-18-8-6-14-7-9-18;;/h2-5,14H,6-10H2,1H3;2*1H. The highest BCUT2D eigenvalue weighted by molar-refractivity contribution is 5.85. The quantitative estimate of drug-likeness (QED) is 0.887. The highest BCUT2D eigenvalue weighted by atomic mass is 35.5. The number of nitrogens with zero attached hydrogens (tertiary/aromatic N) is 5. The average Bonchev–Trinajstić information content (AvgIpc) is 2.96. The number of hydrogen-bond acceptors (Lipinski definition) is 6. The van der Waals surface area contributed by atoms with Gasteiger partial charge in [0.25, 0.3) is 0 Å². The van der Waals surface area contributed by atoms with Crippen LogP contribution in [0, 0.1) is 0 Å². The fourth-order valence-electron chi connectivity index (χ4n) is 2.30. The second kappa shape index (κ2) is 8.89. The molecule has 1 saturated heterocycles. The zero-order chi connectivity index (χ0) is 13.8. The Hall–Kier alpha value is -1.41. The Bertz CT molecular complexity index is 556. The molecule has 22 heavy (non-hydrogen) atoms. The number of piperazine rings is 1. The molecular formula is C13H20Cl2N6O. The number of nitrogens with one attached hydrogen (secondary N) is 1. The van der Waals surface area contributed by atoms with Crippen LogP contribution in [0.25, 0.3) is 5.69 Å². The maximum Gasteiger partial charge on any atom is 0.170 e. The van der Waals surface area contributed by atoms with Gasteiger partial charge in [-0.3, -0.25) is 4.90 Å². The zero-order valence-electron chi connectivity index (χ0n) is 12.3. The van der Waals surface area contributed by atoms with E-state index in [0.29, 0.717) is 0 Å². The summed E-state index contributed by atoms with van der Waals surface area (Å²) in [6.45, 7) is 4.85. The van der Waals surface area contributed by atoms with Gasteiger partial charge in [-0.05, 0) is 34.7 Å². The van der Waals surface area contributed by atoms with E-state index in [1.807, 2.05) is 24.3 Å². The molecule has 1 aliphatic rings. The summed E-state index contributed by atoms with van der Waals surface area (Å²) >= 11 is 0. The Labute approximate surface area is 141 Å². The molecule has 1 fully saturated rings. The van der Waals surface area contributed by atoms with Gasteiger partial charge >= 0.3 is 0 Å². The first-order chi connectivity index (χ1) is 9.86. The first kappa shape index (κ1) is 18.6. The lowest BCUT2D eigenvalue weighted by Gasteiger charge is -2.26. The lowest BCUT2D eigenvalue weighted by Crippen LogP contribution is -2.43. The van der Waals surface area contributed by atoms with Crippen molar-refractivity contribution in [2.24, 2.45) is 0 Å². The van der Waals surface area contributed by atoms with Crippen molar-refractivity contribution in [1.82, 2.24) is 30.4 Å². The van der Waals surface area contributed by atoms with Crippen molar-refractivity contribution in [3.8, 4) is 11.4 Å². The molecule has 1 N–H and O–H groups in total. The Balaban J connectivity index is 0.00000121. The maximum absolute atomic E-state index is 5.16. The lowest BCUT2D eigenvalue weighted by molar-refractivity contribution is 0.226. The van der Waals surface area contributed by atoms with E-state index in [1.54, 1.807) is 11.8 Å². The summed E-state index contributed by atoms with van der Waals surface area (Å²) in [6.07, 6.45) is 0. The van der Waals surface area contributed by atoms with Crippen LogP contribution in [0.4, 0.5) is 0 Å². The maximum atomic E-state index is 5.16. The summed E-state index contributed by atoms with van der Waals surface area (Å²) in [7, 11) is 1.65. The molecule has 2 aromatic rings. The normalized spacial score (nSPS) is 14.8. The number of hydrogen-bond donors (Lipinski definition) is 1. The molecule has 0 aliphatic carbocycles. The van der Waals surface area contributed by atoms with E-state index in [0.717, 1.165) is 50.0 Å². The van der Waals surface area contributed by atoms with Crippen LogP contribution < -0.4 is 10.1 Å². The van der Waals surface area contributed by atoms with Gasteiger partial charge in [-0.25, -0.2) is 0 Å². The predicted molar refractivity (Wildman–Crippen MR) is 88.3 cm³/mol. The topological polar surface area (TPSA) is 68.1 Å². The summed E-state index contributed by atoms with van der Waals surface area (Å²) < 4.78 is 6.94. The number of benzene rings is 1. The molecule has 2 heterocycles. The SMILES string of the molecule is COc1ccc(-n2nnnc2CN2CCNCC2)cc1.Cl.Cl. The summed E-state index contributed by atoms with van der Waals surface area (Å²) in [5.74, 6) is 1.68. The van der Waals surface area contributed by atoms with E-state index in [2.05, 4.69) is 25.7 Å². The second-order valence-electron chi connectivity index (χ2n) is 4.73. The van der Waals surface area contributed by atoms with E-state index in [1.165, 1.54) is 0 Å². The van der Waals surface area contributed by atoms with Crippen LogP contribution in [0.1, 0.15) is 5.82 Å². The third kappa shape index (κ3) is 4.30. The fraction of sp³-hybridized carbons (Fsp3) is 0.462. The summed E-state index contributed by atoms with van der Waals surface area (Å²) in [5.41, 5.74) is 0.945. The Morgan fingerprint density at radius 3 is 2.45 bits per heavy atom. The molecule has 3 rings (SSSR count). The molecule has 0 radical (unpaired) electrons. The smallest absolute Gasteiger partial charge is 0.170 e. The van der Waals surface area contributed by atoms with Crippen molar-refractivity contribution in [3.05, 3.63) is 30.1 Å². The van der Waals surface area contributed by atoms with Crippen LogP contribution >= 0.6 is 24.8 Å². The number of halogens is 2. The van der Waals surface area contributed by atoms with Crippen molar-refractivity contribution in [2.75, 3.05) is 33.3 Å². The van der Waals surface area contributed by atoms with E-state index in [4.69, 9.17) is 4.74 Å². The minimum Gasteiger partial charge on any atom is -0.497 e. The Morgan fingerprint density at radius 2 is 1.82 bits per heavy atom. The Kier molecular flexibility index (Phi) is 7.53. The summed E-state index contributed by atoms with van der Waals surface area (Å²) in [4.78, 5) is 2.35. The van der Waals surface area contributed by atoms with E-state index >= 15 is 0 Å². The average molecular weight is 347 g/mol. The molecule has 122 valence electrons. The van der Waals surface area contributed by atoms with Gasteiger partial charge in [0.15, 0.2) is 5.82 Å². The molecule has 0 unspecified atom stereocenters. The predicted octanol–water partition coefficient (Wildman–Crippen LogP) is 0.920. The van der Waals surface area contributed by atoms with Crippen molar-refractivity contribution in [1.29, 1.82) is 0 Å². The molecule has 9 heteroatoms. The van der Waals surface area contributed by atoms with E-state index < -0.39 is 0 Å². The third-order valence-electron chi connectivity index (χ3n) is 3.43. The van der Waals surface area contributed by atoms with Crippen molar-refractivity contribution in [2.45, 2.75) is 6.54 Å². The van der Waals surface area contributed by atoms with Crippen LogP contribution in [0.2, 0.25) is 0 Å². The van der Waals surface area contributed by atoms with E-state index in [9.17, 15) is 0 Å². The first-order valence-electron chi connectivity index (χ1n) is 6.71. The van der Waals surface area contributed by atoms with Gasteiger partial charge in [-0.1, -0.05) is 0 Å². The molecule has 0 amide bonds. The van der Waals surface area contributed by atoms with Crippen LogP contribution in [-0.4, -0.2) is 58.4 Å². The van der Waals surface area contributed by atoms with Gasteiger partial charge in [0.2, 0.25) is 0 Å². The lowest BCUT2D eigenvalue weighted by atomic mass is 10.3. The zero-order valence-corrected chi connectivity index (χ0v) is 13.9. The molecule has 0 atom stereocenters. The van der Waals surface area contributed by atoms with Gasteiger partial charge in [-0.2, -0.15) is 4.68 Å². The van der Waals surface area contributed by atoms with Crippen LogP contribution in [0.3, 0.4) is 0 Å². The number of methoxy groups -OCH3 is 1. The highest BCUT2D eigenvalue weighted by Gasteiger charge is 2.15. The molecule has 1 aliphatic heterocycles. The third-order valence-corrected chi connectivity index (χ3v) is 3.43. The number of aromatic nitrogens is 4. The molecule has 7 nitrogen and oxygen atoms in total. The van der Waals surface area contributed by atoms with Gasteiger partial charge in [-0.15, -0.1) is 29.9 Å².